The fourth-order valence-corrected chi connectivity index (χ4v) is 2.44. The molecule has 0 bridgehead atoms. The molecule has 1 fully saturated rings. The fourth-order valence-electron chi connectivity index (χ4n) is 2.44. The predicted octanol–water partition coefficient (Wildman–Crippen LogP) is 1.24. The second-order valence-electron chi connectivity index (χ2n) is 5.45. The molecule has 1 aromatic rings. The minimum atomic E-state index is -0.429. The van der Waals surface area contributed by atoms with Crippen LogP contribution in [0.25, 0.3) is 0 Å². The third-order valence-corrected chi connectivity index (χ3v) is 3.75. The zero-order chi connectivity index (χ0) is 16.8. The highest BCUT2D eigenvalue weighted by Crippen LogP contribution is 2.10. The highest BCUT2D eigenvalue weighted by molar-refractivity contribution is 5.93. The van der Waals surface area contributed by atoms with E-state index in [1.54, 1.807) is 15.9 Å². The van der Waals surface area contributed by atoms with Gasteiger partial charge in [-0.3, -0.25) is 14.4 Å². The van der Waals surface area contributed by atoms with Crippen molar-refractivity contribution in [3.8, 4) is 0 Å². The summed E-state index contributed by atoms with van der Waals surface area (Å²) in [6.45, 7) is 3.54. The number of carbonyl (C=O) groups is 3. The van der Waals surface area contributed by atoms with Crippen molar-refractivity contribution in [2.75, 3.05) is 31.5 Å². The summed E-state index contributed by atoms with van der Waals surface area (Å²) in [5, 5.41) is 2.56. The van der Waals surface area contributed by atoms with E-state index in [-0.39, 0.29) is 30.6 Å². The van der Waals surface area contributed by atoms with Gasteiger partial charge in [-0.05, 0) is 18.2 Å². The Morgan fingerprint density at radius 3 is 2.35 bits per heavy atom. The monoisotopic (exact) mass is 321 g/mol. The number of halogens is 1. The van der Waals surface area contributed by atoms with Gasteiger partial charge >= 0.3 is 0 Å². The van der Waals surface area contributed by atoms with Crippen molar-refractivity contribution in [2.24, 2.45) is 0 Å². The summed E-state index contributed by atoms with van der Waals surface area (Å²) in [6, 6.07) is 5.61. The van der Waals surface area contributed by atoms with Gasteiger partial charge in [0.25, 0.3) is 0 Å². The highest BCUT2D eigenvalue weighted by Gasteiger charge is 2.22. The Balaban J connectivity index is 1.74. The van der Waals surface area contributed by atoms with Gasteiger partial charge in [0.1, 0.15) is 5.82 Å². The number of benzene rings is 1. The van der Waals surface area contributed by atoms with Crippen molar-refractivity contribution in [3.63, 3.8) is 0 Å². The smallest absolute Gasteiger partial charge is 0.224 e. The molecule has 0 aromatic heterocycles. The lowest BCUT2D eigenvalue weighted by molar-refractivity contribution is -0.138. The van der Waals surface area contributed by atoms with Gasteiger partial charge in [-0.2, -0.15) is 0 Å². The minimum Gasteiger partial charge on any atom is -0.339 e. The Bertz CT molecular complexity index is 598. The molecule has 0 saturated carbocycles. The first kappa shape index (κ1) is 16.9. The number of carbonyl (C=O) groups excluding carboxylic acids is 3. The molecule has 7 heteroatoms. The Kier molecular flexibility index (Phi) is 5.67. The molecular formula is C16H20FN3O3. The summed E-state index contributed by atoms with van der Waals surface area (Å²) in [5.41, 5.74) is 0.373. The second kappa shape index (κ2) is 7.71. The average molecular weight is 321 g/mol. The predicted molar refractivity (Wildman–Crippen MR) is 83.1 cm³/mol. The molecule has 23 heavy (non-hydrogen) atoms. The van der Waals surface area contributed by atoms with Crippen molar-refractivity contribution >= 4 is 23.4 Å². The van der Waals surface area contributed by atoms with Gasteiger partial charge in [-0.15, -0.1) is 0 Å². The molecule has 3 amide bonds. The van der Waals surface area contributed by atoms with E-state index < -0.39 is 5.82 Å². The molecule has 1 heterocycles. The van der Waals surface area contributed by atoms with Crippen LogP contribution in [0.1, 0.15) is 19.8 Å². The van der Waals surface area contributed by atoms with E-state index in [0.29, 0.717) is 31.9 Å². The molecule has 1 N–H and O–H groups in total. The van der Waals surface area contributed by atoms with E-state index in [4.69, 9.17) is 0 Å². The van der Waals surface area contributed by atoms with Crippen LogP contribution in [0.3, 0.4) is 0 Å². The van der Waals surface area contributed by atoms with Crippen molar-refractivity contribution in [3.05, 3.63) is 30.1 Å². The zero-order valence-electron chi connectivity index (χ0n) is 13.0. The Labute approximate surface area is 134 Å². The van der Waals surface area contributed by atoms with Crippen LogP contribution in [0.2, 0.25) is 0 Å². The quantitative estimate of drug-likeness (QED) is 0.907. The molecule has 0 radical (unpaired) electrons. The van der Waals surface area contributed by atoms with Gasteiger partial charge in [0.15, 0.2) is 0 Å². The van der Waals surface area contributed by atoms with Gasteiger partial charge in [-0.1, -0.05) is 6.07 Å². The molecule has 0 aliphatic carbocycles. The molecule has 1 aliphatic rings. The number of anilines is 1. The number of piperazine rings is 1. The molecule has 0 unspecified atom stereocenters. The standard InChI is InChI=1S/C16H20FN3O3/c1-12(21)19-7-9-20(10-8-19)16(23)6-5-15(22)18-14-4-2-3-13(17)11-14/h2-4,11H,5-10H2,1H3,(H,18,22). The Morgan fingerprint density at radius 2 is 1.74 bits per heavy atom. The van der Waals surface area contributed by atoms with E-state index in [9.17, 15) is 18.8 Å². The first-order valence-electron chi connectivity index (χ1n) is 7.54. The van der Waals surface area contributed by atoms with Gasteiger partial charge in [0.05, 0.1) is 0 Å². The van der Waals surface area contributed by atoms with E-state index >= 15 is 0 Å². The van der Waals surface area contributed by atoms with Gasteiger partial charge in [0, 0.05) is 51.6 Å². The van der Waals surface area contributed by atoms with E-state index in [2.05, 4.69) is 5.32 Å². The zero-order valence-corrected chi connectivity index (χ0v) is 13.0. The molecular weight excluding hydrogens is 301 g/mol. The number of nitrogens with one attached hydrogen (secondary N) is 1. The molecule has 0 spiro atoms. The van der Waals surface area contributed by atoms with Crippen molar-refractivity contribution < 1.29 is 18.8 Å². The molecule has 0 atom stereocenters. The Hall–Kier alpha value is -2.44. The summed E-state index contributed by atoms with van der Waals surface area (Å²) in [4.78, 5) is 38.5. The van der Waals surface area contributed by atoms with E-state index in [1.165, 1.54) is 25.1 Å². The van der Waals surface area contributed by atoms with E-state index in [0.717, 1.165) is 0 Å². The number of hydrogen-bond donors (Lipinski definition) is 1. The maximum Gasteiger partial charge on any atom is 0.224 e. The molecule has 2 rings (SSSR count). The van der Waals surface area contributed by atoms with Crippen LogP contribution >= 0.6 is 0 Å². The second-order valence-corrected chi connectivity index (χ2v) is 5.45. The number of nitrogens with zero attached hydrogens (tertiary/aromatic N) is 2. The summed E-state index contributed by atoms with van der Waals surface area (Å²) in [7, 11) is 0. The van der Waals surface area contributed by atoms with Gasteiger partial charge in [0.2, 0.25) is 17.7 Å². The Morgan fingerprint density at radius 1 is 1.09 bits per heavy atom. The SMILES string of the molecule is CC(=O)N1CCN(C(=O)CCC(=O)Nc2cccc(F)c2)CC1. The van der Waals surface area contributed by atoms with Crippen molar-refractivity contribution in [1.82, 2.24) is 9.80 Å². The number of hydrogen-bond acceptors (Lipinski definition) is 3. The van der Waals surface area contributed by atoms with Crippen molar-refractivity contribution in [2.45, 2.75) is 19.8 Å². The first-order chi connectivity index (χ1) is 11.0. The largest absolute Gasteiger partial charge is 0.339 e. The topological polar surface area (TPSA) is 69.7 Å². The lowest BCUT2D eigenvalue weighted by atomic mass is 10.2. The third-order valence-electron chi connectivity index (χ3n) is 3.75. The number of amides is 3. The van der Waals surface area contributed by atoms with Crippen LogP contribution in [0.5, 0.6) is 0 Å². The third kappa shape index (κ3) is 5.05. The van der Waals surface area contributed by atoms with Crippen LogP contribution in [0.15, 0.2) is 24.3 Å². The highest BCUT2D eigenvalue weighted by atomic mass is 19.1. The van der Waals surface area contributed by atoms with Crippen LogP contribution in [-0.4, -0.2) is 53.7 Å². The van der Waals surface area contributed by atoms with Crippen LogP contribution < -0.4 is 5.32 Å². The summed E-state index contributed by atoms with van der Waals surface area (Å²) < 4.78 is 13.0. The van der Waals surface area contributed by atoms with Crippen LogP contribution in [0, 0.1) is 5.82 Å². The first-order valence-corrected chi connectivity index (χ1v) is 7.54. The average Bonchev–Trinajstić information content (AvgIpc) is 2.52. The van der Waals surface area contributed by atoms with Gasteiger partial charge < -0.3 is 15.1 Å². The molecule has 1 saturated heterocycles. The number of rotatable bonds is 4. The fraction of sp³-hybridized carbons (Fsp3) is 0.438. The van der Waals surface area contributed by atoms with Crippen molar-refractivity contribution in [1.29, 1.82) is 0 Å². The molecule has 6 nitrogen and oxygen atoms in total. The molecule has 124 valence electrons. The van der Waals surface area contributed by atoms with Gasteiger partial charge in [-0.25, -0.2) is 4.39 Å². The maximum atomic E-state index is 13.0. The summed E-state index contributed by atoms with van der Waals surface area (Å²) in [5.74, 6) is -0.859. The molecule has 1 aliphatic heterocycles. The van der Waals surface area contributed by atoms with Crippen LogP contribution in [0.4, 0.5) is 10.1 Å². The lowest BCUT2D eigenvalue weighted by Crippen LogP contribution is -2.50. The van der Waals surface area contributed by atoms with E-state index in [1.807, 2.05) is 0 Å². The maximum absolute atomic E-state index is 13.0. The van der Waals surface area contributed by atoms with Crippen LogP contribution in [-0.2, 0) is 14.4 Å². The minimum absolute atomic E-state index is 0.00608. The summed E-state index contributed by atoms with van der Waals surface area (Å²) in [6.07, 6.45) is 0.142. The normalized spacial score (nSPS) is 14.5. The summed E-state index contributed by atoms with van der Waals surface area (Å²) >= 11 is 0. The molecule has 1 aromatic carbocycles. The lowest BCUT2D eigenvalue weighted by Gasteiger charge is -2.34.